The van der Waals surface area contributed by atoms with Crippen LogP contribution in [0.3, 0.4) is 0 Å². The first-order valence-electron chi connectivity index (χ1n) is 9.44. The van der Waals surface area contributed by atoms with Gasteiger partial charge in [0.2, 0.25) is 0 Å². The molecule has 0 radical (unpaired) electrons. The summed E-state index contributed by atoms with van der Waals surface area (Å²) < 4.78 is 6.05. The number of allylic oxidation sites excluding steroid dienone is 2. The predicted octanol–water partition coefficient (Wildman–Crippen LogP) is 7.61. The van der Waals surface area contributed by atoms with E-state index in [1.807, 2.05) is 48.5 Å². The van der Waals surface area contributed by atoms with Crippen molar-refractivity contribution in [1.82, 2.24) is 0 Å². The number of para-hydroxylation sites is 1. The van der Waals surface area contributed by atoms with Crippen molar-refractivity contribution in [3.8, 4) is 11.5 Å². The molecule has 0 saturated heterocycles. The molecule has 4 heteroatoms. The molecule has 3 aromatic carbocycles. The minimum absolute atomic E-state index is 0.197. The molecule has 2 nitrogen and oxygen atoms in total. The summed E-state index contributed by atoms with van der Waals surface area (Å²) in [6.45, 7) is 0. The van der Waals surface area contributed by atoms with Crippen molar-refractivity contribution < 1.29 is 4.74 Å². The van der Waals surface area contributed by atoms with Gasteiger partial charge in [-0.05, 0) is 65.9 Å². The standard InChI is InChI=1S/C24H19Cl2NO/c25-21-11-9-15(13-22(21)26)24-19-8-4-7-18(19)20-14-17(10-12-23(20)27-24)28-16-5-2-1-3-6-16/h1-7,9-14,18-19,24,27H,8H2/t18-,19+,24+/m1/s1. The van der Waals surface area contributed by atoms with Gasteiger partial charge in [-0.1, -0.05) is 59.6 Å². The highest BCUT2D eigenvalue weighted by molar-refractivity contribution is 6.42. The molecule has 3 atom stereocenters. The number of nitrogens with one attached hydrogen (secondary N) is 1. The molecule has 0 aromatic heterocycles. The van der Waals surface area contributed by atoms with E-state index in [0.29, 0.717) is 21.9 Å². The summed E-state index contributed by atoms with van der Waals surface area (Å²) in [7, 11) is 0. The van der Waals surface area contributed by atoms with Crippen LogP contribution in [0.2, 0.25) is 10.0 Å². The molecule has 1 aliphatic heterocycles. The summed E-state index contributed by atoms with van der Waals surface area (Å²) in [5.41, 5.74) is 3.59. The second kappa shape index (κ2) is 7.20. The molecular formula is C24H19Cl2NO. The Kier molecular flexibility index (Phi) is 4.54. The molecule has 28 heavy (non-hydrogen) atoms. The largest absolute Gasteiger partial charge is 0.457 e. The highest BCUT2D eigenvalue weighted by atomic mass is 35.5. The van der Waals surface area contributed by atoms with Crippen LogP contribution in [-0.2, 0) is 0 Å². The highest BCUT2D eigenvalue weighted by Gasteiger charge is 2.38. The van der Waals surface area contributed by atoms with Crippen molar-refractivity contribution in [3.05, 3.63) is 100 Å². The molecule has 1 aliphatic carbocycles. The van der Waals surface area contributed by atoms with Gasteiger partial charge < -0.3 is 10.1 Å². The van der Waals surface area contributed by atoms with Gasteiger partial charge in [0.15, 0.2) is 0 Å². The molecular weight excluding hydrogens is 389 g/mol. The van der Waals surface area contributed by atoms with Gasteiger partial charge in [0, 0.05) is 11.6 Å². The lowest BCUT2D eigenvalue weighted by Crippen LogP contribution is -2.29. The van der Waals surface area contributed by atoms with Crippen molar-refractivity contribution in [2.45, 2.75) is 18.4 Å². The molecule has 0 amide bonds. The molecule has 0 spiro atoms. The summed E-state index contributed by atoms with van der Waals surface area (Å²) in [5, 5.41) is 4.91. The average molecular weight is 408 g/mol. The molecule has 0 unspecified atom stereocenters. The van der Waals surface area contributed by atoms with Crippen molar-refractivity contribution in [1.29, 1.82) is 0 Å². The molecule has 5 rings (SSSR count). The zero-order chi connectivity index (χ0) is 19.1. The van der Waals surface area contributed by atoms with Crippen LogP contribution in [0.15, 0.2) is 78.9 Å². The summed E-state index contributed by atoms with van der Waals surface area (Å²) in [6, 6.07) is 22.3. The van der Waals surface area contributed by atoms with Gasteiger partial charge in [0.1, 0.15) is 11.5 Å². The summed E-state index contributed by atoms with van der Waals surface area (Å²) in [5.74, 6) is 2.50. The fraction of sp³-hybridized carbons (Fsp3) is 0.167. The van der Waals surface area contributed by atoms with Crippen molar-refractivity contribution in [2.75, 3.05) is 5.32 Å². The Morgan fingerprint density at radius 1 is 0.857 bits per heavy atom. The maximum Gasteiger partial charge on any atom is 0.127 e. The number of hydrogen-bond acceptors (Lipinski definition) is 2. The highest BCUT2D eigenvalue weighted by Crippen LogP contribution is 2.51. The van der Waals surface area contributed by atoms with Crippen LogP contribution >= 0.6 is 23.2 Å². The van der Waals surface area contributed by atoms with E-state index in [9.17, 15) is 0 Å². The second-order valence-electron chi connectivity index (χ2n) is 7.31. The number of halogens is 2. The molecule has 1 heterocycles. The summed E-state index contributed by atoms with van der Waals surface area (Å²) in [6.07, 6.45) is 5.63. The van der Waals surface area contributed by atoms with Crippen molar-refractivity contribution in [3.63, 3.8) is 0 Å². The third kappa shape index (κ3) is 3.17. The van der Waals surface area contributed by atoms with Crippen LogP contribution in [0.4, 0.5) is 5.69 Å². The minimum atomic E-state index is 0.197. The number of rotatable bonds is 3. The Labute approximate surface area is 174 Å². The van der Waals surface area contributed by atoms with Gasteiger partial charge >= 0.3 is 0 Å². The van der Waals surface area contributed by atoms with Gasteiger partial charge in [0.05, 0.1) is 16.1 Å². The first kappa shape index (κ1) is 17.7. The van der Waals surface area contributed by atoms with Crippen LogP contribution in [0.5, 0.6) is 11.5 Å². The van der Waals surface area contributed by atoms with Crippen LogP contribution < -0.4 is 10.1 Å². The van der Waals surface area contributed by atoms with Gasteiger partial charge in [-0.3, -0.25) is 0 Å². The summed E-state index contributed by atoms with van der Waals surface area (Å²) in [4.78, 5) is 0. The fourth-order valence-electron chi connectivity index (χ4n) is 4.30. The first-order valence-corrected chi connectivity index (χ1v) is 10.2. The van der Waals surface area contributed by atoms with Crippen LogP contribution in [-0.4, -0.2) is 0 Å². The molecule has 0 fully saturated rings. The zero-order valence-electron chi connectivity index (χ0n) is 15.1. The number of fused-ring (bicyclic) bond motifs is 3. The van der Waals surface area contributed by atoms with E-state index >= 15 is 0 Å². The molecule has 140 valence electrons. The quantitative estimate of drug-likeness (QED) is 0.450. The Bertz CT molecular complexity index is 1050. The topological polar surface area (TPSA) is 21.3 Å². The number of anilines is 1. The lowest BCUT2D eigenvalue weighted by molar-refractivity contribution is 0.422. The molecule has 0 saturated carbocycles. The van der Waals surface area contributed by atoms with Gasteiger partial charge in [-0.25, -0.2) is 0 Å². The normalized spacial score (nSPS) is 22.3. The lowest BCUT2D eigenvalue weighted by atomic mass is 9.77. The van der Waals surface area contributed by atoms with E-state index in [0.717, 1.165) is 23.6 Å². The van der Waals surface area contributed by atoms with Crippen molar-refractivity contribution >= 4 is 28.9 Å². The monoisotopic (exact) mass is 407 g/mol. The van der Waals surface area contributed by atoms with Crippen LogP contribution in [0, 0.1) is 5.92 Å². The van der Waals surface area contributed by atoms with E-state index < -0.39 is 0 Å². The maximum atomic E-state index is 6.28. The van der Waals surface area contributed by atoms with E-state index in [1.165, 1.54) is 11.1 Å². The Morgan fingerprint density at radius 3 is 2.54 bits per heavy atom. The van der Waals surface area contributed by atoms with E-state index in [1.54, 1.807) is 0 Å². The van der Waals surface area contributed by atoms with Gasteiger partial charge in [-0.15, -0.1) is 0 Å². The smallest absolute Gasteiger partial charge is 0.127 e. The Morgan fingerprint density at radius 2 is 1.71 bits per heavy atom. The summed E-state index contributed by atoms with van der Waals surface area (Å²) >= 11 is 12.4. The number of ether oxygens (including phenoxy) is 1. The van der Waals surface area contributed by atoms with E-state index in [2.05, 4.69) is 35.7 Å². The molecule has 3 aromatic rings. The van der Waals surface area contributed by atoms with Gasteiger partial charge in [-0.2, -0.15) is 0 Å². The van der Waals surface area contributed by atoms with Gasteiger partial charge in [0.25, 0.3) is 0 Å². The third-order valence-electron chi connectivity index (χ3n) is 5.62. The average Bonchev–Trinajstić information content (AvgIpc) is 3.21. The van der Waals surface area contributed by atoms with Crippen LogP contribution in [0.1, 0.15) is 29.5 Å². The predicted molar refractivity (Wildman–Crippen MR) is 116 cm³/mol. The second-order valence-corrected chi connectivity index (χ2v) is 8.13. The third-order valence-corrected chi connectivity index (χ3v) is 6.35. The molecule has 2 aliphatic rings. The van der Waals surface area contributed by atoms with E-state index in [4.69, 9.17) is 27.9 Å². The molecule has 0 bridgehead atoms. The van der Waals surface area contributed by atoms with Crippen molar-refractivity contribution in [2.24, 2.45) is 5.92 Å². The zero-order valence-corrected chi connectivity index (χ0v) is 16.6. The van der Waals surface area contributed by atoms with Crippen LogP contribution in [0.25, 0.3) is 0 Å². The Balaban J connectivity index is 1.49. The number of benzene rings is 3. The fourth-order valence-corrected chi connectivity index (χ4v) is 4.60. The minimum Gasteiger partial charge on any atom is -0.457 e. The first-order chi connectivity index (χ1) is 13.7. The molecule has 1 N–H and O–H groups in total. The van der Waals surface area contributed by atoms with E-state index in [-0.39, 0.29) is 6.04 Å². The lowest BCUT2D eigenvalue weighted by Gasteiger charge is -2.37. The Hall–Kier alpha value is -2.42. The number of hydrogen-bond donors (Lipinski definition) is 1. The maximum absolute atomic E-state index is 6.28. The SMILES string of the molecule is Clc1ccc([C@@H]2Nc3ccc(Oc4ccccc4)cc3[C@@H]3C=CC[C@@H]32)cc1Cl.